The molecule has 3 aromatic rings. The van der Waals surface area contributed by atoms with Crippen LogP contribution in [-0.2, 0) is 6.54 Å². The molecule has 0 saturated carbocycles. The minimum atomic E-state index is 0.290. The molecule has 3 heterocycles. The maximum Gasteiger partial charge on any atom is 0.283 e. The van der Waals surface area contributed by atoms with Crippen molar-refractivity contribution < 1.29 is 13.9 Å². The predicted octanol–water partition coefficient (Wildman–Crippen LogP) is 3.12. The van der Waals surface area contributed by atoms with Gasteiger partial charge in [0.1, 0.15) is 5.75 Å². The minimum Gasteiger partial charge on any atom is -0.508 e. The number of phenolic OH excluding ortho intramolecular Hbond substituents is 1. The smallest absolute Gasteiger partial charge is 0.283 e. The highest BCUT2D eigenvalue weighted by atomic mass is 79.9. The van der Waals surface area contributed by atoms with E-state index in [0.29, 0.717) is 28.8 Å². The van der Waals surface area contributed by atoms with Crippen molar-refractivity contribution in [3.63, 3.8) is 0 Å². The first-order valence-electron chi connectivity index (χ1n) is 8.02. The summed E-state index contributed by atoms with van der Waals surface area (Å²) in [5.74, 6) is 1.82. The first kappa shape index (κ1) is 16.2. The van der Waals surface area contributed by atoms with Crippen LogP contribution in [0.4, 0.5) is 5.69 Å². The van der Waals surface area contributed by atoms with E-state index in [2.05, 4.69) is 35.9 Å². The number of aromatic hydroxyl groups is 1. The van der Waals surface area contributed by atoms with Crippen LogP contribution >= 0.6 is 15.9 Å². The van der Waals surface area contributed by atoms with E-state index in [0.717, 1.165) is 31.9 Å². The molecule has 130 valence electrons. The third kappa shape index (κ3) is 3.69. The lowest BCUT2D eigenvalue weighted by Gasteiger charge is -2.35. The number of furan rings is 1. The van der Waals surface area contributed by atoms with E-state index in [1.54, 1.807) is 24.3 Å². The molecule has 1 aliphatic heterocycles. The van der Waals surface area contributed by atoms with Crippen LogP contribution in [0.25, 0.3) is 11.7 Å². The van der Waals surface area contributed by atoms with E-state index in [4.69, 9.17) is 8.83 Å². The average molecular weight is 405 g/mol. The summed E-state index contributed by atoms with van der Waals surface area (Å²) >= 11 is 3.26. The van der Waals surface area contributed by atoms with Gasteiger partial charge in [-0.25, -0.2) is 0 Å². The van der Waals surface area contributed by atoms with Gasteiger partial charge in [0.2, 0.25) is 5.89 Å². The van der Waals surface area contributed by atoms with Crippen LogP contribution < -0.4 is 4.90 Å². The van der Waals surface area contributed by atoms with E-state index < -0.39 is 0 Å². The second-order valence-corrected chi connectivity index (χ2v) is 6.67. The van der Waals surface area contributed by atoms with Gasteiger partial charge < -0.3 is 18.8 Å². The van der Waals surface area contributed by atoms with Gasteiger partial charge in [-0.05, 0) is 52.3 Å². The highest BCUT2D eigenvalue weighted by Gasteiger charge is 2.20. The molecule has 1 saturated heterocycles. The van der Waals surface area contributed by atoms with Crippen LogP contribution in [0.15, 0.2) is 49.9 Å². The van der Waals surface area contributed by atoms with Gasteiger partial charge in [-0.15, -0.1) is 10.2 Å². The molecule has 1 fully saturated rings. The normalized spacial score (nSPS) is 15.6. The zero-order valence-electron chi connectivity index (χ0n) is 13.4. The Labute approximate surface area is 153 Å². The number of rotatable bonds is 4. The first-order valence-corrected chi connectivity index (χ1v) is 8.81. The fourth-order valence-corrected chi connectivity index (χ4v) is 3.17. The Hall–Kier alpha value is -2.32. The Balaban J connectivity index is 1.34. The topological polar surface area (TPSA) is 78.8 Å². The molecular weight excluding hydrogens is 388 g/mol. The molecule has 0 aliphatic carbocycles. The lowest BCUT2D eigenvalue weighted by molar-refractivity contribution is 0.226. The van der Waals surface area contributed by atoms with Gasteiger partial charge >= 0.3 is 0 Å². The van der Waals surface area contributed by atoms with Gasteiger partial charge in [0, 0.05) is 31.9 Å². The molecule has 2 aromatic heterocycles. The van der Waals surface area contributed by atoms with E-state index in [1.165, 1.54) is 0 Å². The zero-order chi connectivity index (χ0) is 17.2. The van der Waals surface area contributed by atoms with E-state index in [-0.39, 0.29) is 5.75 Å². The van der Waals surface area contributed by atoms with Crippen molar-refractivity contribution in [1.29, 1.82) is 0 Å². The second kappa shape index (κ2) is 6.89. The fourth-order valence-electron chi connectivity index (χ4n) is 2.87. The van der Waals surface area contributed by atoms with Gasteiger partial charge in [-0.3, -0.25) is 4.90 Å². The van der Waals surface area contributed by atoms with Crippen LogP contribution in [0, 0.1) is 0 Å². The highest BCUT2D eigenvalue weighted by Crippen LogP contribution is 2.24. The number of hydrogen-bond acceptors (Lipinski definition) is 7. The lowest BCUT2D eigenvalue weighted by Crippen LogP contribution is -2.46. The van der Waals surface area contributed by atoms with Crippen molar-refractivity contribution in [2.75, 3.05) is 31.1 Å². The largest absolute Gasteiger partial charge is 0.508 e. The fraction of sp³-hybridized carbons (Fsp3) is 0.294. The van der Waals surface area contributed by atoms with Crippen molar-refractivity contribution >= 4 is 21.6 Å². The molecule has 0 amide bonds. The Morgan fingerprint density at radius 3 is 2.40 bits per heavy atom. The number of phenols is 1. The lowest BCUT2D eigenvalue weighted by atomic mass is 10.2. The van der Waals surface area contributed by atoms with Crippen molar-refractivity contribution in [2.45, 2.75) is 6.54 Å². The molecule has 1 aliphatic rings. The molecule has 8 heteroatoms. The molecular formula is C17H17BrN4O3. The monoisotopic (exact) mass is 404 g/mol. The summed E-state index contributed by atoms with van der Waals surface area (Å²) in [6.45, 7) is 4.27. The molecule has 25 heavy (non-hydrogen) atoms. The Bertz CT molecular complexity index is 838. The van der Waals surface area contributed by atoms with Crippen molar-refractivity contribution in [1.82, 2.24) is 15.1 Å². The predicted molar refractivity (Wildman–Crippen MR) is 95.3 cm³/mol. The minimum absolute atomic E-state index is 0.290. The third-order valence-electron chi connectivity index (χ3n) is 4.20. The van der Waals surface area contributed by atoms with Crippen LogP contribution in [-0.4, -0.2) is 46.4 Å². The molecule has 0 unspecified atom stereocenters. The van der Waals surface area contributed by atoms with Crippen molar-refractivity contribution in [3.8, 4) is 17.4 Å². The number of anilines is 1. The Kier molecular flexibility index (Phi) is 4.46. The number of aromatic nitrogens is 2. The molecule has 1 aromatic carbocycles. The van der Waals surface area contributed by atoms with Crippen LogP contribution in [0.2, 0.25) is 0 Å². The number of piperazine rings is 1. The highest BCUT2D eigenvalue weighted by molar-refractivity contribution is 9.10. The average Bonchev–Trinajstić information content (AvgIpc) is 3.25. The standard InChI is InChI=1S/C17H17BrN4O3/c18-15-6-5-14(24-15)17-20-19-16(25-17)11-21-7-9-22(10-8-21)12-1-3-13(23)4-2-12/h1-6,23H,7-11H2. The van der Waals surface area contributed by atoms with Gasteiger partial charge in [-0.2, -0.15) is 0 Å². The maximum atomic E-state index is 9.39. The Morgan fingerprint density at radius 2 is 1.72 bits per heavy atom. The summed E-state index contributed by atoms with van der Waals surface area (Å²) < 4.78 is 11.7. The summed E-state index contributed by atoms with van der Waals surface area (Å²) in [7, 11) is 0. The van der Waals surface area contributed by atoms with Crippen molar-refractivity contribution in [3.05, 3.63) is 47.0 Å². The molecule has 0 spiro atoms. The molecule has 0 radical (unpaired) electrons. The number of nitrogens with zero attached hydrogens (tertiary/aromatic N) is 4. The molecule has 0 bridgehead atoms. The maximum absolute atomic E-state index is 9.39. The quantitative estimate of drug-likeness (QED) is 0.715. The van der Waals surface area contributed by atoms with E-state index >= 15 is 0 Å². The number of halogens is 1. The van der Waals surface area contributed by atoms with Crippen LogP contribution in [0.1, 0.15) is 5.89 Å². The summed E-state index contributed by atoms with van der Waals surface area (Å²) in [5, 5.41) is 17.5. The number of hydrogen-bond donors (Lipinski definition) is 1. The summed E-state index contributed by atoms with van der Waals surface area (Å²) in [5.41, 5.74) is 1.13. The molecule has 7 nitrogen and oxygen atoms in total. The third-order valence-corrected chi connectivity index (χ3v) is 4.62. The van der Waals surface area contributed by atoms with E-state index in [1.807, 2.05) is 12.1 Å². The summed E-state index contributed by atoms with van der Waals surface area (Å²) in [4.78, 5) is 4.59. The summed E-state index contributed by atoms with van der Waals surface area (Å²) in [6.07, 6.45) is 0. The van der Waals surface area contributed by atoms with Crippen molar-refractivity contribution in [2.24, 2.45) is 0 Å². The first-order chi connectivity index (χ1) is 12.2. The molecule has 4 rings (SSSR count). The van der Waals surface area contributed by atoms with Gasteiger partial charge in [0.05, 0.1) is 6.54 Å². The zero-order valence-corrected chi connectivity index (χ0v) is 15.0. The molecule has 1 N–H and O–H groups in total. The van der Waals surface area contributed by atoms with Gasteiger partial charge in [0.25, 0.3) is 5.89 Å². The van der Waals surface area contributed by atoms with Gasteiger partial charge in [-0.1, -0.05) is 0 Å². The number of benzene rings is 1. The second-order valence-electron chi connectivity index (χ2n) is 5.88. The molecule has 0 atom stereocenters. The Morgan fingerprint density at radius 1 is 0.960 bits per heavy atom. The van der Waals surface area contributed by atoms with Crippen LogP contribution in [0.3, 0.4) is 0 Å². The SMILES string of the molecule is Oc1ccc(N2CCN(Cc3nnc(-c4ccc(Br)o4)o3)CC2)cc1. The van der Waals surface area contributed by atoms with E-state index in [9.17, 15) is 5.11 Å². The van der Waals surface area contributed by atoms with Crippen LogP contribution in [0.5, 0.6) is 5.75 Å². The van der Waals surface area contributed by atoms with Gasteiger partial charge in [0.15, 0.2) is 10.4 Å². The summed E-state index contributed by atoms with van der Waals surface area (Å²) in [6, 6.07) is 10.9.